The first-order valence-electron chi connectivity index (χ1n) is 9.30. The molecule has 0 bridgehead atoms. The van der Waals surface area contributed by atoms with Crippen LogP contribution in [0.15, 0.2) is 23.1 Å². The van der Waals surface area contributed by atoms with Gasteiger partial charge in [0.2, 0.25) is 10.0 Å². The van der Waals surface area contributed by atoms with E-state index in [0.717, 1.165) is 4.31 Å². The van der Waals surface area contributed by atoms with E-state index in [9.17, 15) is 26.4 Å². The molecule has 0 N–H and O–H groups in total. The van der Waals surface area contributed by atoms with E-state index in [1.54, 1.807) is 4.90 Å². The second-order valence-corrected chi connectivity index (χ2v) is 9.62. The lowest BCUT2D eigenvalue weighted by Crippen LogP contribution is -2.49. The summed E-state index contributed by atoms with van der Waals surface area (Å²) in [5.41, 5.74) is 0.230. The molecule has 0 unspecified atom stereocenters. The Kier molecular flexibility index (Phi) is 8.51. The zero-order valence-corrected chi connectivity index (χ0v) is 18.4. The fourth-order valence-corrected chi connectivity index (χ4v) is 4.36. The van der Waals surface area contributed by atoms with Gasteiger partial charge in [-0.1, -0.05) is 11.6 Å². The van der Waals surface area contributed by atoms with E-state index in [1.165, 1.54) is 32.3 Å². The molecule has 30 heavy (non-hydrogen) atoms. The monoisotopic (exact) mass is 471 g/mol. The number of rotatable bonds is 8. The fourth-order valence-electron chi connectivity index (χ4n) is 2.97. The molecule has 0 spiro atoms. The van der Waals surface area contributed by atoms with Crippen molar-refractivity contribution in [1.29, 1.82) is 0 Å². The van der Waals surface area contributed by atoms with Gasteiger partial charge in [-0.2, -0.15) is 13.2 Å². The number of carbonyl (C=O) groups is 1. The van der Waals surface area contributed by atoms with E-state index >= 15 is 0 Å². The maximum absolute atomic E-state index is 12.8. The van der Waals surface area contributed by atoms with Gasteiger partial charge in [-0.25, -0.2) is 12.7 Å². The maximum atomic E-state index is 12.8. The minimum atomic E-state index is -4.32. The van der Waals surface area contributed by atoms with Crippen LogP contribution in [0.3, 0.4) is 0 Å². The summed E-state index contributed by atoms with van der Waals surface area (Å²) in [4.78, 5) is 16.3. The van der Waals surface area contributed by atoms with Crippen molar-refractivity contribution in [2.75, 3.05) is 60.0 Å². The molecule has 0 atom stereocenters. The summed E-state index contributed by atoms with van der Waals surface area (Å²) >= 11 is 6.02. The number of piperazine rings is 1. The Balaban J connectivity index is 1.89. The van der Waals surface area contributed by atoms with Crippen molar-refractivity contribution in [3.05, 3.63) is 28.8 Å². The van der Waals surface area contributed by atoms with Gasteiger partial charge >= 0.3 is 6.18 Å². The predicted molar refractivity (Wildman–Crippen MR) is 106 cm³/mol. The van der Waals surface area contributed by atoms with Crippen molar-refractivity contribution in [1.82, 2.24) is 14.1 Å². The standard InChI is InChI=1S/C18H25ClF3N3O4S/c1-23(2)30(27,28)16-12-14(4-5-15(16)19)17(26)25-9-7-24(8-10-25)6-3-11-29-13-18(20,21)22/h4-5,12H,3,6-11,13H2,1-2H3. The molecule has 2 rings (SSSR count). The number of hydrogen-bond acceptors (Lipinski definition) is 5. The summed E-state index contributed by atoms with van der Waals surface area (Å²) in [6.07, 6.45) is -3.85. The Morgan fingerprint density at radius 1 is 1.20 bits per heavy atom. The van der Waals surface area contributed by atoms with Crippen molar-refractivity contribution in [2.24, 2.45) is 0 Å². The van der Waals surface area contributed by atoms with Crippen LogP contribution in [0, 0.1) is 0 Å². The molecule has 1 amide bonds. The number of hydrogen-bond donors (Lipinski definition) is 0. The summed E-state index contributed by atoms with van der Waals surface area (Å²) < 4.78 is 66.5. The Hall–Kier alpha value is -1.40. The average molecular weight is 472 g/mol. The highest BCUT2D eigenvalue weighted by molar-refractivity contribution is 7.89. The fraction of sp³-hybridized carbons (Fsp3) is 0.611. The van der Waals surface area contributed by atoms with Crippen LogP contribution in [0.2, 0.25) is 5.02 Å². The molecule has 0 radical (unpaired) electrons. The summed E-state index contributed by atoms with van der Waals surface area (Å²) in [6.45, 7) is 1.35. The number of alkyl halides is 3. The van der Waals surface area contributed by atoms with Crippen molar-refractivity contribution >= 4 is 27.5 Å². The van der Waals surface area contributed by atoms with Crippen molar-refractivity contribution < 1.29 is 31.1 Å². The molecule has 1 saturated heterocycles. The summed E-state index contributed by atoms with van der Waals surface area (Å²) in [5, 5.41) is 0.0396. The third kappa shape index (κ3) is 6.81. The van der Waals surface area contributed by atoms with Crippen LogP contribution in [0.5, 0.6) is 0 Å². The van der Waals surface area contributed by atoms with Gasteiger partial charge in [0.05, 0.1) is 5.02 Å². The number of sulfonamides is 1. The molecule has 0 aliphatic carbocycles. The van der Waals surface area contributed by atoms with Crippen molar-refractivity contribution in [3.63, 3.8) is 0 Å². The van der Waals surface area contributed by atoms with E-state index in [1.807, 2.05) is 4.90 Å². The lowest BCUT2D eigenvalue weighted by molar-refractivity contribution is -0.174. The molecule has 170 valence electrons. The summed E-state index contributed by atoms with van der Waals surface area (Å²) in [6, 6.07) is 4.16. The van der Waals surface area contributed by atoms with Gasteiger partial charge in [-0.05, 0) is 24.6 Å². The highest BCUT2D eigenvalue weighted by Crippen LogP contribution is 2.25. The van der Waals surface area contributed by atoms with E-state index < -0.39 is 22.8 Å². The average Bonchev–Trinajstić information content (AvgIpc) is 2.67. The van der Waals surface area contributed by atoms with E-state index in [4.69, 9.17) is 11.6 Å². The number of ether oxygens (including phenoxy) is 1. The molecule has 0 saturated carbocycles. The Labute approximate surface area is 179 Å². The normalized spacial score (nSPS) is 16.3. The van der Waals surface area contributed by atoms with Crippen LogP contribution in [-0.4, -0.2) is 94.6 Å². The molecule has 12 heteroatoms. The highest BCUT2D eigenvalue weighted by Gasteiger charge is 2.28. The Morgan fingerprint density at radius 2 is 1.83 bits per heavy atom. The van der Waals surface area contributed by atoms with Gasteiger partial charge in [0, 0.05) is 59.0 Å². The topological polar surface area (TPSA) is 70.2 Å². The first-order chi connectivity index (χ1) is 13.9. The molecular formula is C18H25ClF3N3O4S. The number of nitrogens with zero attached hydrogens (tertiary/aromatic N) is 3. The predicted octanol–water partition coefficient (Wildman–Crippen LogP) is 2.32. The van der Waals surface area contributed by atoms with Crippen LogP contribution < -0.4 is 0 Å². The second kappa shape index (κ2) is 10.3. The first kappa shape index (κ1) is 24.9. The van der Waals surface area contributed by atoms with Crippen LogP contribution >= 0.6 is 11.6 Å². The van der Waals surface area contributed by atoms with Gasteiger partial charge in [-0.15, -0.1) is 0 Å². The first-order valence-corrected chi connectivity index (χ1v) is 11.1. The van der Waals surface area contributed by atoms with Crippen molar-refractivity contribution in [3.8, 4) is 0 Å². The minimum Gasteiger partial charge on any atom is -0.372 e. The van der Waals surface area contributed by atoms with Crippen LogP contribution in [0.25, 0.3) is 0 Å². The molecule has 0 aromatic heterocycles. The SMILES string of the molecule is CN(C)S(=O)(=O)c1cc(C(=O)N2CCN(CCCOCC(F)(F)F)CC2)ccc1Cl. The number of carbonyl (C=O) groups excluding carboxylic acids is 1. The molecule has 1 heterocycles. The van der Waals surface area contributed by atoms with Gasteiger partial charge in [0.25, 0.3) is 5.91 Å². The lowest BCUT2D eigenvalue weighted by Gasteiger charge is -2.34. The van der Waals surface area contributed by atoms with Gasteiger partial charge in [0.15, 0.2) is 0 Å². The highest BCUT2D eigenvalue weighted by atomic mass is 35.5. The number of amides is 1. The molecule has 1 aliphatic heterocycles. The van der Waals surface area contributed by atoms with Gasteiger partial charge in [-0.3, -0.25) is 9.69 Å². The molecule has 1 aromatic carbocycles. The second-order valence-electron chi connectivity index (χ2n) is 7.09. The molecular weight excluding hydrogens is 447 g/mol. The summed E-state index contributed by atoms with van der Waals surface area (Å²) in [7, 11) is -1.02. The van der Waals surface area contributed by atoms with Gasteiger partial charge < -0.3 is 9.64 Å². The Morgan fingerprint density at radius 3 is 2.40 bits per heavy atom. The number of halogens is 4. The van der Waals surface area contributed by atoms with Crippen molar-refractivity contribution in [2.45, 2.75) is 17.5 Å². The zero-order chi connectivity index (χ0) is 22.5. The van der Waals surface area contributed by atoms with E-state index in [0.29, 0.717) is 39.1 Å². The largest absolute Gasteiger partial charge is 0.411 e. The van der Waals surface area contributed by atoms with Crippen LogP contribution in [-0.2, 0) is 14.8 Å². The molecule has 1 fully saturated rings. The third-order valence-corrected chi connectivity index (χ3v) is 6.92. The third-order valence-electron chi connectivity index (χ3n) is 4.63. The Bertz CT molecular complexity index is 842. The maximum Gasteiger partial charge on any atom is 0.411 e. The van der Waals surface area contributed by atoms with Crippen LogP contribution in [0.1, 0.15) is 16.8 Å². The molecule has 1 aliphatic rings. The van der Waals surface area contributed by atoms with E-state index in [2.05, 4.69) is 4.74 Å². The lowest BCUT2D eigenvalue weighted by atomic mass is 10.2. The quantitative estimate of drug-likeness (QED) is 0.544. The van der Waals surface area contributed by atoms with Crippen LogP contribution in [0.4, 0.5) is 13.2 Å². The van der Waals surface area contributed by atoms with Gasteiger partial charge in [0.1, 0.15) is 11.5 Å². The summed E-state index contributed by atoms with van der Waals surface area (Å²) in [5.74, 6) is -0.296. The minimum absolute atomic E-state index is 0.0204. The zero-order valence-electron chi connectivity index (χ0n) is 16.8. The smallest absolute Gasteiger partial charge is 0.372 e. The molecule has 1 aromatic rings. The molecule has 7 nitrogen and oxygen atoms in total. The number of benzene rings is 1. The van der Waals surface area contributed by atoms with E-state index in [-0.39, 0.29) is 28.0 Å².